The molecule has 0 radical (unpaired) electrons. The highest BCUT2D eigenvalue weighted by Crippen LogP contribution is 2.33. The van der Waals surface area contributed by atoms with Gasteiger partial charge in [0.05, 0.1) is 0 Å². The molecule has 2 aromatic carbocycles. The number of nitrogen functional groups attached to an aromatic ring is 1. The molecule has 1 aromatic heterocycles. The van der Waals surface area contributed by atoms with Crippen LogP contribution in [0.4, 0.5) is 23.0 Å². The molecule has 1 aliphatic rings. The van der Waals surface area contributed by atoms with Crippen LogP contribution in [0.15, 0.2) is 53.3 Å². The Hall–Kier alpha value is -3.00. The molecule has 1 aliphatic heterocycles. The van der Waals surface area contributed by atoms with Crippen LogP contribution < -0.4 is 25.8 Å². The van der Waals surface area contributed by atoms with E-state index in [9.17, 15) is 0 Å². The fourth-order valence-electron chi connectivity index (χ4n) is 2.54. The molecule has 3 aromatic rings. The van der Waals surface area contributed by atoms with Gasteiger partial charge in [0.15, 0.2) is 23.1 Å². The lowest BCUT2D eigenvalue weighted by molar-refractivity contribution is 0.174. The van der Waals surface area contributed by atoms with E-state index < -0.39 is 0 Å². The number of halogens is 1. The average Bonchev–Trinajstić information content (AvgIpc) is 3.12. The van der Waals surface area contributed by atoms with Gasteiger partial charge in [-0.2, -0.15) is 0 Å². The number of anilines is 4. The monoisotopic (exact) mass is 413 g/mol. The van der Waals surface area contributed by atoms with E-state index in [1.54, 1.807) is 0 Å². The van der Waals surface area contributed by atoms with Crippen molar-refractivity contribution in [3.63, 3.8) is 0 Å². The van der Waals surface area contributed by atoms with Crippen LogP contribution in [0.3, 0.4) is 0 Å². The van der Waals surface area contributed by atoms with Gasteiger partial charge in [-0.3, -0.25) is 0 Å². The molecular formula is C18H16BrN5O2. The smallest absolute Gasteiger partial charge is 0.231 e. The number of nitrogens with one attached hydrogen (secondary N) is 2. The third-order valence-electron chi connectivity index (χ3n) is 3.89. The molecule has 2 heterocycles. The van der Waals surface area contributed by atoms with E-state index in [2.05, 4.69) is 36.5 Å². The molecule has 0 saturated heterocycles. The van der Waals surface area contributed by atoms with Crippen molar-refractivity contribution in [2.24, 2.45) is 0 Å². The van der Waals surface area contributed by atoms with Crippen molar-refractivity contribution in [2.75, 3.05) is 23.2 Å². The number of ether oxygens (including phenoxy) is 2. The van der Waals surface area contributed by atoms with Crippen molar-refractivity contribution >= 4 is 38.9 Å². The highest BCUT2D eigenvalue weighted by atomic mass is 79.9. The van der Waals surface area contributed by atoms with E-state index in [1.807, 2.05) is 42.5 Å². The SMILES string of the molecule is Nc1c(NCc2ccc3c(c2)OCO3)ncnc1Nc1ccc(Br)cc1. The summed E-state index contributed by atoms with van der Waals surface area (Å²) in [4.78, 5) is 8.45. The Bertz CT molecular complexity index is 933. The van der Waals surface area contributed by atoms with Gasteiger partial charge in [0.1, 0.15) is 12.0 Å². The molecule has 0 fully saturated rings. The maximum atomic E-state index is 6.21. The fourth-order valence-corrected chi connectivity index (χ4v) is 2.81. The lowest BCUT2D eigenvalue weighted by Gasteiger charge is -2.13. The van der Waals surface area contributed by atoms with Crippen molar-refractivity contribution in [2.45, 2.75) is 6.54 Å². The van der Waals surface area contributed by atoms with E-state index in [0.29, 0.717) is 23.9 Å². The number of fused-ring (bicyclic) bond motifs is 1. The lowest BCUT2D eigenvalue weighted by Crippen LogP contribution is -2.08. The lowest BCUT2D eigenvalue weighted by atomic mass is 10.2. The molecule has 0 unspecified atom stereocenters. The molecule has 0 amide bonds. The van der Waals surface area contributed by atoms with Crippen molar-refractivity contribution < 1.29 is 9.47 Å². The first-order valence-electron chi connectivity index (χ1n) is 7.94. The number of hydrogen-bond acceptors (Lipinski definition) is 7. The predicted octanol–water partition coefficient (Wildman–Crippen LogP) is 3.91. The van der Waals surface area contributed by atoms with Gasteiger partial charge in [-0.05, 0) is 42.0 Å². The highest BCUT2D eigenvalue weighted by molar-refractivity contribution is 9.10. The van der Waals surface area contributed by atoms with Gasteiger partial charge in [-0.1, -0.05) is 22.0 Å². The van der Waals surface area contributed by atoms with E-state index in [-0.39, 0.29) is 6.79 Å². The quantitative estimate of drug-likeness (QED) is 0.583. The topological polar surface area (TPSA) is 94.3 Å². The van der Waals surface area contributed by atoms with Crippen LogP contribution in [0.1, 0.15) is 5.56 Å². The molecule has 0 bridgehead atoms. The maximum absolute atomic E-state index is 6.21. The maximum Gasteiger partial charge on any atom is 0.231 e. The second kappa shape index (κ2) is 7.09. The molecule has 0 aliphatic carbocycles. The minimum atomic E-state index is 0.260. The zero-order chi connectivity index (χ0) is 17.9. The average molecular weight is 414 g/mol. The Morgan fingerprint density at radius 3 is 2.62 bits per heavy atom. The summed E-state index contributed by atoms with van der Waals surface area (Å²) in [5.41, 5.74) is 8.59. The molecular weight excluding hydrogens is 398 g/mol. The van der Waals surface area contributed by atoms with Crippen molar-refractivity contribution in [1.29, 1.82) is 0 Å². The Balaban J connectivity index is 1.47. The fraction of sp³-hybridized carbons (Fsp3) is 0.111. The molecule has 8 heteroatoms. The van der Waals surface area contributed by atoms with E-state index in [1.165, 1.54) is 6.33 Å². The number of nitrogens with two attached hydrogens (primary N) is 1. The molecule has 0 saturated carbocycles. The number of hydrogen-bond donors (Lipinski definition) is 3. The zero-order valence-electron chi connectivity index (χ0n) is 13.7. The first kappa shape index (κ1) is 16.5. The van der Waals surface area contributed by atoms with Crippen molar-refractivity contribution in [3.8, 4) is 11.5 Å². The number of rotatable bonds is 5. The van der Waals surface area contributed by atoms with Gasteiger partial charge in [-0.15, -0.1) is 0 Å². The second-order valence-corrected chi connectivity index (χ2v) is 6.57. The Morgan fingerprint density at radius 1 is 1.00 bits per heavy atom. The second-order valence-electron chi connectivity index (χ2n) is 5.66. The molecule has 0 spiro atoms. The van der Waals surface area contributed by atoms with Crippen LogP contribution in [0.5, 0.6) is 11.5 Å². The summed E-state index contributed by atoms with van der Waals surface area (Å²) in [6, 6.07) is 13.6. The summed E-state index contributed by atoms with van der Waals surface area (Å²) >= 11 is 3.41. The van der Waals surface area contributed by atoms with Crippen LogP contribution in [0, 0.1) is 0 Å². The van der Waals surface area contributed by atoms with E-state index in [0.717, 1.165) is 27.2 Å². The number of benzene rings is 2. The third kappa shape index (κ3) is 3.50. The molecule has 0 atom stereocenters. The summed E-state index contributed by atoms with van der Waals surface area (Å²) in [5.74, 6) is 2.63. The van der Waals surface area contributed by atoms with E-state index in [4.69, 9.17) is 15.2 Å². The molecule has 26 heavy (non-hydrogen) atoms. The van der Waals surface area contributed by atoms with Gasteiger partial charge in [0, 0.05) is 16.7 Å². The first-order chi connectivity index (χ1) is 12.7. The molecule has 7 nitrogen and oxygen atoms in total. The Morgan fingerprint density at radius 2 is 1.77 bits per heavy atom. The minimum absolute atomic E-state index is 0.260. The van der Waals surface area contributed by atoms with Gasteiger partial charge < -0.3 is 25.8 Å². The van der Waals surface area contributed by atoms with Crippen molar-refractivity contribution in [3.05, 3.63) is 58.8 Å². The summed E-state index contributed by atoms with van der Waals surface area (Å²) < 4.78 is 11.7. The summed E-state index contributed by atoms with van der Waals surface area (Å²) in [6.07, 6.45) is 1.47. The van der Waals surface area contributed by atoms with Gasteiger partial charge in [-0.25, -0.2) is 9.97 Å². The summed E-state index contributed by atoms with van der Waals surface area (Å²) in [5, 5.41) is 6.43. The van der Waals surface area contributed by atoms with Gasteiger partial charge in [0.2, 0.25) is 6.79 Å². The van der Waals surface area contributed by atoms with Gasteiger partial charge in [0.25, 0.3) is 0 Å². The molecule has 132 valence electrons. The Labute approximate surface area is 158 Å². The van der Waals surface area contributed by atoms with Crippen LogP contribution in [0.2, 0.25) is 0 Å². The highest BCUT2D eigenvalue weighted by Gasteiger charge is 2.14. The standard InChI is InChI=1S/C18H16BrN5O2/c19-12-2-4-13(5-3-12)24-18-16(20)17(22-9-23-18)21-8-11-1-6-14-15(7-11)26-10-25-14/h1-7,9H,8,10,20H2,(H2,21,22,23,24). The first-order valence-corrected chi connectivity index (χ1v) is 8.74. The van der Waals surface area contributed by atoms with Crippen LogP contribution in [-0.2, 0) is 6.54 Å². The largest absolute Gasteiger partial charge is 0.454 e. The summed E-state index contributed by atoms with van der Waals surface area (Å²) in [6.45, 7) is 0.811. The number of aromatic nitrogens is 2. The molecule has 4 rings (SSSR count). The zero-order valence-corrected chi connectivity index (χ0v) is 15.3. The summed E-state index contributed by atoms with van der Waals surface area (Å²) in [7, 11) is 0. The normalized spacial score (nSPS) is 12.0. The minimum Gasteiger partial charge on any atom is -0.454 e. The number of nitrogens with zero attached hydrogens (tertiary/aromatic N) is 2. The molecule has 4 N–H and O–H groups in total. The van der Waals surface area contributed by atoms with Crippen LogP contribution in [0.25, 0.3) is 0 Å². The Kier molecular flexibility index (Phi) is 4.49. The van der Waals surface area contributed by atoms with Crippen LogP contribution >= 0.6 is 15.9 Å². The van der Waals surface area contributed by atoms with E-state index >= 15 is 0 Å². The van der Waals surface area contributed by atoms with Crippen molar-refractivity contribution in [1.82, 2.24) is 9.97 Å². The van der Waals surface area contributed by atoms with Crippen LogP contribution in [-0.4, -0.2) is 16.8 Å². The predicted molar refractivity (Wildman–Crippen MR) is 104 cm³/mol. The third-order valence-corrected chi connectivity index (χ3v) is 4.42. The van der Waals surface area contributed by atoms with Gasteiger partial charge >= 0.3 is 0 Å².